The van der Waals surface area contributed by atoms with Crippen LogP contribution < -0.4 is 5.32 Å². The fourth-order valence-corrected chi connectivity index (χ4v) is 2.28. The van der Waals surface area contributed by atoms with Crippen molar-refractivity contribution in [2.75, 3.05) is 0 Å². The highest BCUT2D eigenvalue weighted by Gasteiger charge is 2.15. The Balaban J connectivity index is 2.07. The molecular formula is C15H20F2N4. The van der Waals surface area contributed by atoms with Crippen molar-refractivity contribution >= 4 is 0 Å². The van der Waals surface area contributed by atoms with Crippen LogP contribution in [0.3, 0.4) is 0 Å². The van der Waals surface area contributed by atoms with Crippen LogP contribution in [-0.4, -0.2) is 14.8 Å². The van der Waals surface area contributed by atoms with Gasteiger partial charge in [-0.1, -0.05) is 19.1 Å². The zero-order valence-electron chi connectivity index (χ0n) is 12.5. The zero-order chi connectivity index (χ0) is 15.4. The maximum absolute atomic E-state index is 13.7. The summed E-state index contributed by atoms with van der Waals surface area (Å²) < 4.78 is 29.0. The lowest BCUT2D eigenvalue weighted by Crippen LogP contribution is -2.22. The van der Waals surface area contributed by atoms with Gasteiger partial charge in [-0.3, -0.25) is 0 Å². The summed E-state index contributed by atoms with van der Waals surface area (Å²) in [6.45, 7) is 7.09. The first-order valence-corrected chi connectivity index (χ1v) is 7.10. The minimum Gasteiger partial charge on any atom is -0.314 e. The third-order valence-electron chi connectivity index (χ3n) is 3.47. The average molecular weight is 294 g/mol. The molecule has 21 heavy (non-hydrogen) atoms. The van der Waals surface area contributed by atoms with Crippen LogP contribution in [0, 0.1) is 18.6 Å². The van der Waals surface area contributed by atoms with Gasteiger partial charge in [-0.25, -0.2) is 8.78 Å². The summed E-state index contributed by atoms with van der Waals surface area (Å²) in [4.78, 5) is 0. The molecule has 1 N–H and O–H groups in total. The van der Waals surface area contributed by atoms with Gasteiger partial charge in [0, 0.05) is 18.2 Å². The van der Waals surface area contributed by atoms with Crippen LogP contribution in [0.1, 0.15) is 43.5 Å². The summed E-state index contributed by atoms with van der Waals surface area (Å²) in [5, 5.41) is 11.3. The van der Waals surface area contributed by atoms with Gasteiger partial charge in [0.2, 0.25) is 0 Å². The minimum absolute atomic E-state index is 0.312. The van der Waals surface area contributed by atoms with E-state index >= 15 is 0 Å². The van der Waals surface area contributed by atoms with Crippen LogP contribution in [0.5, 0.6) is 0 Å². The SMILES string of the molecule is CCCn1c(C)nnc1CN[C@@H](C)c1cccc(F)c1F. The van der Waals surface area contributed by atoms with Crippen LogP contribution in [-0.2, 0) is 13.1 Å². The normalized spacial score (nSPS) is 12.6. The summed E-state index contributed by atoms with van der Waals surface area (Å²) in [5.74, 6) is 0.0334. The number of benzene rings is 1. The van der Waals surface area contributed by atoms with Crippen LogP contribution >= 0.6 is 0 Å². The Bertz CT molecular complexity index is 610. The van der Waals surface area contributed by atoms with Gasteiger partial charge >= 0.3 is 0 Å². The molecule has 2 aromatic rings. The van der Waals surface area contributed by atoms with E-state index in [1.165, 1.54) is 6.07 Å². The first-order chi connectivity index (χ1) is 10.0. The quantitative estimate of drug-likeness (QED) is 0.890. The number of rotatable bonds is 6. The second kappa shape index (κ2) is 6.76. The zero-order valence-corrected chi connectivity index (χ0v) is 12.5. The van der Waals surface area contributed by atoms with E-state index in [-0.39, 0.29) is 6.04 Å². The van der Waals surface area contributed by atoms with Crippen molar-refractivity contribution in [2.45, 2.75) is 46.3 Å². The van der Waals surface area contributed by atoms with Crippen molar-refractivity contribution in [3.05, 3.63) is 47.0 Å². The number of hydrogen-bond acceptors (Lipinski definition) is 3. The molecule has 0 aliphatic rings. The van der Waals surface area contributed by atoms with E-state index in [2.05, 4.69) is 22.4 Å². The van der Waals surface area contributed by atoms with E-state index in [9.17, 15) is 8.78 Å². The molecule has 0 amide bonds. The van der Waals surface area contributed by atoms with E-state index in [1.807, 2.05) is 11.5 Å². The Morgan fingerprint density at radius 1 is 1.29 bits per heavy atom. The summed E-state index contributed by atoms with van der Waals surface area (Å²) in [6, 6.07) is 3.90. The molecule has 0 aliphatic carbocycles. The predicted octanol–water partition coefficient (Wildman–Crippen LogP) is 3.13. The van der Waals surface area contributed by atoms with Gasteiger partial charge in [0.15, 0.2) is 11.6 Å². The molecule has 1 atom stereocenters. The molecule has 0 saturated carbocycles. The lowest BCUT2D eigenvalue weighted by atomic mass is 10.1. The molecule has 0 spiro atoms. The molecule has 114 valence electrons. The summed E-state index contributed by atoms with van der Waals surface area (Å²) in [7, 11) is 0. The Labute approximate surface area is 123 Å². The fraction of sp³-hybridized carbons (Fsp3) is 0.467. The molecular weight excluding hydrogens is 274 g/mol. The molecule has 0 radical (unpaired) electrons. The van der Waals surface area contributed by atoms with Crippen LogP contribution in [0.15, 0.2) is 18.2 Å². The molecule has 0 aliphatic heterocycles. The van der Waals surface area contributed by atoms with E-state index in [4.69, 9.17) is 0 Å². The number of halogens is 2. The van der Waals surface area contributed by atoms with Gasteiger partial charge in [0.05, 0.1) is 6.54 Å². The summed E-state index contributed by atoms with van der Waals surface area (Å²) >= 11 is 0. The van der Waals surface area contributed by atoms with Gasteiger partial charge < -0.3 is 9.88 Å². The molecule has 1 heterocycles. The average Bonchev–Trinajstić information content (AvgIpc) is 2.81. The lowest BCUT2D eigenvalue weighted by Gasteiger charge is -2.15. The van der Waals surface area contributed by atoms with Crippen LogP contribution in [0.25, 0.3) is 0 Å². The van der Waals surface area contributed by atoms with Crippen molar-refractivity contribution < 1.29 is 8.78 Å². The van der Waals surface area contributed by atoms with Crippen molar-refractivity contribution in [3.8, 4) is 0 Å². The summed E-state index contributed by atoms with van der Waals surface area (Å²) in [6.07, 6.45) is 0.986. The number of aromatic nitrogens is 3. The van der Waals surface area contributed by atoms with Crippen molar-refractivity contribution in [1.29, 1.82) is 0 Å². The van der Waals surface area contributed by atoms with E-state index in [1.54, 1.807) is 13.0 Å². The second-order valence-electron chi connectivity index (χ2n) is 5.06. The molecule has 1 aromatic carbocycles. The lowest BCUT2D eigenvalue weighted by molar-refractivity contribution is 0.466. The first kappa shape index (κ1) is 15.6. The summed E-state index contributed by atoms with van der Waals surface area (Å²) in [5.41, 5.74) is 0.313. The molecule has 0 saturated heterocycles. The van der Waals surface area contributed by atoms with E-state index in [0.29, 0.717) is 12.1 Å². The van der Waals surface area contributed by atoms with Gasteiger partial charge in [0.25, 0.3) is 0 Å². The third-order valence-corrected chi connectivity index (χ3v) is 3.47. The van der Waals surface area contributed by atoms with E-state index in [0.717, 1.165) is 30.7 Å². The van der Waals surface area contributed by atoms with Gasteiger partial charge in [-0.15, -0.1) is 10.2 Å². The molecule has 6 heteroatoms. The maximum atomic E-state index is 13.7. The molecule has 2 rings (SSSR count). The highest BCUT2D eigenvalue weighted by Crippen LogP contribution is 2.19. The third kappa shape index (κ3) is 3.44. The second-order valence-corrected chi connectivity index (χ2v) is 5.06. The fourth-order valence-electron chi connectivity index (χ4n) is 2.28. The maximum Gasteiger partial charge on any atom is 0.163 e. The topological polar surface area (TPSA) is 42.7 Å². The molecule has 0 unspecified atom stereocenters. The smallest absolute Gasteiger partial charge is 0.163 e. The Kier molecular flexibility index (Phi) is 5.01. The van der Waals surface area contributed by atoms with Crippen LogP contribution in [0.2, 0.25) is 0 Å². The molecule has 0 fully saturated rings. The molecule has 4 nitrogen and oxygen atoms in total. The van der Waals surface area contributed by atoms with Crippen molar-refractivity contribution in [1.82, 2.24) is 20.1 Å². The standard InChI is InChI=1S/C15H20F2N4/c1-4-8-21-11(3)19-20-14(21)9-18-10(2)12-6-5-7-13(16)15(12)17/h5-7,10,18H,4,8-9H2,1-3H3/t10-/m0/s1. The number of aryl methyl sites for hydroxylation is 1. The van der Waals surface area contributed by atoms with Gasteiger partial charge in [-0.2, -0.15) is 0 Å². The first-order valence-electron chi connectivity index (χ1n) is 7.10. The molecule has 0 bridgehead atoms. The van der Waals surface area contributed by atoms with Gasteiger partial charge in [-0.05, 0) is 26.3 Å². The van der Waals surface area contributed by atoms with E-state index < -0.39 is 11.6 Å². The Morgan fingerprint density at radius 3 is 2.76 bits per heavy atom. The molecule has 1 aromatic heterocycles. The Morgan fingerprint density at radius 2 is 2.05 bits per heavy atom. The number of nitrogens with one attached hydrogen (secondary N) is 1. The predicted molar refractivity (Wildman–Crippen MR) is 76.7 cm³/mol. The monoisotopic (exact) mass is 294 g/mol. The van der Waals surface area contributed by atoms with Crippen molar-refractivity contribution in [2.24, 2.45) is 0 Å². The number of nitrogens with zero attached hydrogens (tertiary/aromatic N) is 3. The van der Waals surface area contributed by atoms with Crippen molar-refractivity contribution in [3.63, 3.8) is 0 Å². The Hall–Kier alpha value is -1.82. The highest BCUT2D eigenvalue weighted by molar-refractivity contribution is 5.22. The number of hydrogen-bond donors (Lipinski definition) is 1. The minimum atomic E-state index is -0.828. The van der Waals surface area contributed by atoms with Crippen LogP contribution in [0.4, 0.5) is 8.78 Å². The van der Waals surface area contributed by atoms with Gasteiger partial charge in [0.1, 0.15) is 11.6 Å². The highest BCUT2D eigenvalue weighted by atomic mass is 19.2. The largest absolute Gasteiger partial charge is 0.314 e.